The maximum absolute atomic E-state index is 12.7. The van der Waals surface area contributed by atoms with Crippen LogP contribution in [0.3, 0.4) is 0 Å². The second kappa shape index (κ2) is 11.2. The molecule has 3 aromatic rings. The van der Waals surface area contributed by atoms with E-state index in [9.17, 15) is 13.2 Å². The molecule has 1 aliphatic rings. The number of benzene rings is 3. The van der Waals surface area contributed by atoms with Crippen molar-refractivity contribution < 1.29 is 17.9 Å². The minimum Gasteiger partial charge on any atom is -0.497 e. The number of rotatable bonds is 10. The van der Waals surface area contributed by atoms with Crippen molar-refractivity contribution >= 4 is 21.8 Å². The second-order valence-corrected chi connectivity index (χ2v) is 9.98. The number of nitrogens with zero attached hydrogens (tertiary/aromatic N) is 1. The molecular weight excluding hydrogens is 462 g/mol. The number of nitrogens with one attached hydrogen (secondary N) is 2. The summed E-state index contributed by atoms with van der Waals surface area (Å²) in [5.41, 5.74) is 2.61. The third-order valence-electron chi connectivity index (χ3n) is 5.88. The van der Waals surface area contributed by atoms with Crippen LogP contribution in [0.25, 0.3) is 0 Å². The van der Waals surface area contributed by atoms with E-state index in [0.717, 1.165) is 36.1 Å². The van der Waals surface area contributed by atoms with Gasteiger partial charge in [0, 0.05) is 18.5 Å². The van der Waals surface area contributed by atoms with E-state index >= 15 is 0 Å². The molecule has 0 saturated heterocycles. The summed E-state index contributed by atoms with van der Waals surface area (Å²) in [5.74, 6) is 1.14. The number of carbonyl (C=O) groups excluding carboxylic acids is 1. The summed E-state index contributed by atoms with van der Waals surface area (Å²) in [6, 6.07) is 24.2. The number of sulfonamides is 1. The van der Waals surface area contributed by atoms with Gasteiger partial charge in [-0.3, -0.25) is 14.5 Å². The van der Waals surface area contributed by atoms with Crippen molar-refractivity contribution in [1.82, 2.24) is 10.0 Å². The minimum absolute atomic E-state index is 0.0153. The van der Waals surface area contributed by atoms with Crippen molar-refractivity contribution in [1.29, 1.82) is 0 Å². The van der Waals surface area contributed by atoms with Gasteiger partial charge in [0.25, 0.3) is 10.0 Å². The molecule has 0 fully saturated rings. The molecule has 1 unspecified atom stereocenters. The number of aliphatic imine (C=N–C) groups is 1. The Labute approximate surface area is 206 Å². The van der Waals surface area contributed by atoms with Crippen LogP contribution < -0.4 is 14.8 Å². The molecule has 1 heterocycles. The zero-order valence-electron chi connectivity index (χ0n) is 19.6. The lowest BCUT2D eigenvalue weighted by molar-refractivity contribution is -0.121. The molecule has 2 N–H and O–H groups in total. The molecule has 0 saturated carbocycles. The average Bonchev–Trinajstić information content (AvgIpc) is 3.15. The van der Waals surface area contributed by atoms with Crippen LogP contribution in [0.5, 0.6) is 5.75 Å². The molecule has 4 rings (SSSR count). The van der Waals surface area contributed by atoms with Gasteiger partial charge in [-0.25, -0.2) is 8.42 Å². The van der Waals surface area contributed by atoms with Gasteiger partial charge in [0.15, 0.2) is 0 Å². The van der Waals surface area contributed by atoms with E-state index in [0.29, 0.717) is 24.4 Å². The van der Waals surface area contributed by atoms with Gasteiger partial charge < -0.3 is 10.1 Å². The Bertz CT molecular complexity index is 1290. The summed E-state index contributed by atoms with van der Waals surface area (Å²) in [5, 5.41) is 3.16. The maximum Gasteiger partial charge on any atom is 0.263 e. The Balaban J connectivity index is 1.28. The number of amides is 1. The average molecular weight is 492 g/mol. The molecule has 3 aromatic carbocycles. The van der Waals surface area contributed by atoms with Crippen LogP contribution in [0.2, 0.25) is 0 Å². The standard InChI is InChI=1S/C27H29N3O4S/c1-34-22-17-15-21(16-18-22)26(20-10-4-2-5-11-20)29-25(31)14-6-3-9-19-28-27-23-12-7-8-13-24(23)35(32,33)30-27/h2,4-5,7-8,10-13,15-18,26H,3,6,9,14,19H2,1H3,(H,28,30)(H,29,31). The van der Waals surface area contributed by atoms with Gasteiger partial charge in [-0.15, -0.1) is 0 Å². The number of amidine groups is 1. The number of unbranched alkanes of at least 4 members (excludes halogenated alkanes) is 2. The molecule has 0 aromatic heterocycles. The predicted octanol–water partition coefficient (Wildman–Crippen LogP) is 4.20. The quantitative estimate of drug-likeness (QED) is 0.416. The Kier molecular flexibility index (Phi) is 7.82. The first kappa shape index (κ1) is 24.5. The molecule has 35 heavy (non-hydrogen) atoms. The highest BCUT2D eigenvalue weighted by molar-refractivity contribution is 7.90. The van der Waals surface area contributed by atoms with Gasteiger partial charge >= 0.3 is 0 Å². The minimum atomic E-state index is -3.52. The molecule has 0 aliphatic carbocycles. The molecular formula is C27H29N3O4S. The van der Waals surface area contributed by atoms with E-state index in [2.05, 4.69) is 15.0 Å². The van der Waals surface area contributed by atoms with Crippen LogP contribution in [0.1, 0.15) is 48.4 Å². The van der Waals surface area contributed by atoms with Gasteiger partial charge in [-0.2, -0.15) is 0 Å². The smallest absolute Gasteiger partial charge is 0.263 e. The summed E-state index contributed by atoms with van der Waals surface area (Å²) in [6.45, 7) is 0.492. The van der Waals surface area contributed by atoms with E-state index in [4.69, 9.17) is 4.74 Å². The van der Waals surface area contributed by atoms with Crippen molar-refractivity contribution in [2.75, 3.05) is 13.7 Å². The number of fused-ring (bicyclic) bond motifs is 1. The van der Waals surface area contributed by atoms with Crippen LogP contribution in [-0.2, 0) is 14.8 Å². The third-order valence-corrected chi connectivity index (χ3v) is 7.28. The largest absolute Gasteiger partial charge is 0.497 e. The number of hydrogen-bond donors (Lipinski definition) is 2. The molecule has 8 heteroatoms. The first-order valence-electron chi connectivity index (χ1n) is 11.6. The maximum atomic E-state index is 12.7. The zero-order valence-corrected chi connectivity index (χ0v) is 20.4. The van der Waals surface area contributed by atoms with E-state index < -0.39 is 10.0 Å². The van der Waals surface area contributed by atoms with E-state index in [1.165, 1.54) is 0 Å². The lowest BCUT2D eigenvalue weighted by atomic mass is 9.98. The molecule has 1 atom stereocenters. The number of methoxy groups -OCH3 is 1. The van der Waals surface area contributed by atoms with Gasteiger partial charge in [-0.1, -0.05) is 61.0 Å². The van der Waals surface area contributed by atoms with Crippen LogP contribution in [0, 0.1) is 0 Å². The highest BCUT2D eigenvalue weighted by atomic mass is 32.2. The zero-order chi connectivity index (χ0) is 24.7. The monoisotopic (exact) mass is 491 g/mol. The lowest BCUT2D eigenvalue weighted by Crippen LogP contribution is -2.29. The highest BCUT2D eigenvalue weighted by Gasteiger charge is 2.29. The Morgan fingerprint density at radius 3 is 2.34 bits per heavy atom. The summed E-state index contributed by atoms with van der Waals surface area (Å²) in [6.07, 6.45) is 2.72. The molecule has 0 bridgehead atoms. The fourth-order valence-electron chi connectivity index (χ4n) is 4.05. The summed E-state index contributed by atoms with van der Waals surface area (Å²) in [7, 11) is -1.89. The van der Waals surface area contributed by atoms with Crippen molar-refractivity contribution in [2.45, 2.75) is 36.6 Å². The Hall–Kier alpha value is -3.65. The Morgan fingerprint density at radius 1 is 0.914 bits per heavy atom. The van der Waals surface area contributed by atoms with Gasteiger partial charge in [0.05, 0.1) is 18.0 Å². The summed E-state index contributed by atoms with van der Waals surface area (Å²) < 4.78 is 32.1. The van der Waals surface area contributed by atoms with Crippen LogP contribution in [-0.4, -0.2) is 33.8 Å². The van der Waals surface area contributed by atoms with Crippen LogP contribution in [0.15, 0.2) is 88.8 Å². The summed E-state index contributed by atoms with van der Waals surface area (Å²) in [4.78, 5) is 17.4. The van der Waals surface area contributed by atoms with Crippen molar-refractivity contribution in [2.24, 2.45) is 4.99 Å². The molecule has 0 spiro atoms. The first-order valence-corrected chi connectivity index (χ1v) is 13.1. The fraction of sp³-hybridized carbons (Fsp3) is 0.259. The van der Waals surface area contributed by atoms with Gasteiger partial charge in [0.2, 0.25) is 5.91 Å². The Morgan fingerprint density at radius 2 is 1.60 bits per heavy atom. The topological polar surface area (TPSA) is 96.9 Å². The SMILES string of the molecule is COc1ccc(C(NC(=O)CCCCCN=C2NS(=O)(=O)c3ccccc32)c2ccccc2)cc1. The van der Waals surface area contributed by atoms with Crippen molar-refractivity contribution in [3.05, 3.63) is 95.6 Å². The van der Waals surface area contributed by atoms with Gasteiger partial charge in [-0.05, 0) is 48.2 Å². The lowest BCUT2D eigenvalue weighted by Gasteiger charge is -2.20. The molecule has 1 amide bonds. The predicted molar refractivity (Wildman–Crippen MR) is 136 cm³/mol. The number of ether oxygens (including phenoxy) is 1. The van der Waals surface area contributed by atoms with Crippen LogP contribution >= 0.6 is 0 Å². The number of carbonyl (C=O) groups is 1. The van der Waals surface area contributed by atoms with Gasteiger partial charge in [0.1, 0.15) is 11.6 Å². The van der Waals surface area contributed by atoms with E-state index in [1.807, 2.05) is 54.6 Å². The molecule has 7 nitrogen and oxygen atoms in total. The van der Waals surface area contributed by atoms with E-state index in [1.54, 1.807) is 31.4 Å². The van der Waals surface area contributed by atoms with Crippen molar-refractivity contribution in [3.63, 3.8) is 0 Å². The van der Waals surface area contributed by atoms with Crippen LogP contribution in [0.4, 0.5) is 0 Å². The van der Waals surface area contributed by atoms with Crippen molar-refractivity contribution in [3.8, 4) is 5.75 Å². The first-order chi connectivity index (χ1) is 17.0. The number of hydrogen-bond acceptors (Lipinski definition) is 5. The van der Waals surface area contributed by atoms with E-state index in [-0.39, 0.29) is 16.8 Å². The second-order valence-electron chi connectivity index (χ2n) is 8.33. The fourth-order valence-corrected chi connectivity index (χ4v) is 5.30. The molecule has 182 valence electrons. The third kappa shape index (κ3) is 6.08. The summed E-state index contributed by atoms with van der Waals surface area (Å²) >= 11 is 0. The molecule has 1 aliphatic heterocycles. The normalized spacial score (nSPS) is 15.7. The molecule has 0 radical (unpaired) electrons. The highest BCUT2D eigenvalue weighted by Crippen LogP contribution is 2.25.